The topological polar surface area (TPSA) is 75.1 Å². The van der Waals surface area contributed by atoms with Gasteiger partial charge in [0, 0.05) is 25.6 Å². The number of hydrogen-bond donors (Lipinski definition) is 2. The number of fused-ring (bicyclic) bond motifs is 1. The number of aromatic nitrogens is 3. The van der Waals surface area contributed by atoms with Gasteiger partial charge < -0.3 is 15.5 Å². The van der Waals surface area contributed by atoms with Gasteiger partial charge in [-0.3, -0.25) is 0 Å². The van der Waals surface area contributed by atoms with Crippen LogP contribution in [0, 0.1) is 0 Å². The Morgan fingerprint density at radius 3 is 2.83 bits per heavy atom. The van der Waals surface area contributed by atoms with E-state index >= 15 is 0 Å². The summed E-state index contributed by atoms with van der Waals surface area (Å²) in [4.78, 5) is 19.4. The summed E-state index contributed by atoms with van der Waals surface area (Å²) in [5.74, 6) is 1.76. The fraction of sp³-hybridized carbons (Fsp3) is 0.824. The van der Waals surface area contributed by atoms with Crippen LogP contribution in [0.1, 0.15) is 63.6 Å². The number of carbonyl (C=O) groups excluding carboxylic acids is 1. The highest BCUT2D eigenvalue weighted by Gasteiger charge is 2.25. The normalized spacial score (nSPS) is 22.2. The van der Waals surface area contributed by atoms with E-state index in [4.69, 9.17) is 0 Å². The van der Waals surface area contributed by atoms with Gasteiger partial charge >= 0.3 is 6.03 Å². The lowest BCUT2D eigenvalue weighted by molar-refractivity contribution is 0.227. The van der Waals surface area contributed by atoms with Gasteiger partial charge in [0.25, 0.3) is 0 Å². The minimum atomic E-state index is -0.0941. The zero-order valence-corrected chi connectivity index (χ0v) is 14.9. The lowest BCUT2D eigenvalue weighted by atomic mass is 10.1. The Morgan fingerprint density at radius 2 is 2.08 bits per heavy atom. The number of likely N-dealkylation sites (tertiary alicyclic amines) is 1. The maximum atomic E-state index is 12.3. The molecule has 0 aliphatic carbocycles. The molecule has 1 aromatic heterocycles. The van der Waals surface area contributed by atoms with Crippen molar-refractivity contribution in [2.75, 3.05) is 19.6 Å². The average Bonchev–Trinajstić information content (AvgIpc) is 3.22. The molecule has 7 heteroatoms. The van der Waals surface area contributed by atoms with Crippen LogP contribution in [-0.2, 0) is 13.0 Å². The predicted octanol–water partition coefficient (Wildman–Crippen LogP) is 1.85. The van der Waals surface area contributed by atoms with E-state index in [1.165, 1.54) is 25.9 Å². The highest BCUT2D eigenvalue weighted by atomic mass is 16.2. The van der Waals surface area contributed by atoms with Crippen LogP contribution in [0.25, 0.3) is 0 Å². The molecule has 2 N–H and O–H groups in total. The van der Waals surface area contributed by atoms with Gasteiger partial charge in [-0.15, -0.1) is 0 Å². The van der Waals surface area contributed by atoms with Crippen LogP contribution in [0.15, 0.2) is 0 Å². The van der Waals surface area contributed by atoms with Gasteiger partial charge in [-0.1, -0.05) is 6.92 Å². The van der Waals surface area contributed by atoms with E-state index in [-0.39, 0.29) is 18.1 Å². The Morgan fingerprint density at radius 1 is 1.29 bits per heavy atom. The maximum absolute atomic E-state index is 12.3. The second-order valence-corrected chi connectivity index (χ2v) is 7.01. The molecule has 3 heterocycles. The highest BCUT2D eigenvalue weighted by molar-refractivity contribution is 5.74. The molecule has 0 radical (unpaired) electrons. The quantitative estimate of drug-likeness (QED) is 0.832. The molecule has 3 rings (SSSR count). The highest BCUT2D eigenvalue weighted by Crippen LogP contribution is 2.23. The van der Waals surface area contributed by atoms with Gasteiger partial charge in [0.1, 0.15) is 5.82 Å². The van der Waals surface area contributed by atoms with Crippen molar-refractivity contribution >= 4 is 6.03 Å². The fourth-order valence-corrected chi connectivity index (χ4v) is 3.56. The van der Waals surface area contributed by atoms with Crippen molar-refractivity contribution in [1.82, 2.24) is 30.3 Å². The van der Waals surface area contributed by atoms with E-state index < -0.39 is 0 Å². The monoisotopic (exact) mass is 334 g/mol. The molecule has 2 amide bonds. The third kappa shape index (κ3) is 4.26. The van der Waals surface area contributed by atoms with Crippen LogP contribution >= 0.6 is 0 Å². The largest absolute Gasteiger partial charge is 0.336 e. The van der Waals surface area contributed by atoms with E-state index in [9.17, 15) is 4.79 Å². The summed E-state index contributed by atoms with van der Waals surface area (Å²) in [5.41, 5.74) is 0. The molecule has 0 bridgehead atoms. The molecule has 2 aliphatic rings. The molecular formula is C17H30N6O. The number of carbonyl (C=O) groups is 1. The summed E-state index contributed by atoms with van der Waals surface area (Å²) in [5, 5.41) is 10.6. The molecule has 1 fully saturated rings. The Balaban J connectivity index is 1.47. The molecule has 2 atom stereocenters. The smallest absolute Gasteiger partial charge is 0.315 e. The fourth-order valence-electron chi connectivity index (χ4n) is 3.56. The van der Waals surface area contributed by atoms with Gasteiger partial charge in [0.15, 0.2) is 5.82 Å². The molecule has 1 aromatic rings. The summed E-state index contributed by atoms with van der Waals surface area (Å²) in [6.45, 7) is 8.51. The third-order valence-corrected chi connectivity index (χ3v) is 4.99. The van der Waals surface area contributed by atoms with Crippen LogP contribution in [0.5, 0.6) is 0 Å². The minimum Gasteiger partial charge on any atom is -0.336 e. The van der Waals surface area contributed by atoms with Crippen molar-refractivity contribution in [3.63, 3.8) is 0 Å². The summed E-state index contributed by atoms with van der Waals surface area (Å²) in [6, 6.07) is 0.0546. The summed E-state index contributed by atoms with van der Waals surface area (Å²) in [6.07, 6.45) is 6.39. The Hall–Kier alpha value is -1.63. The minimum absolute atomic E-state index is 0.0302. The molecule has 0 spiro atoms. The number of hydrogen-bond acceptors (Lipinski definition) is 4. The number of nitrogens with one attached hydrogen (secondary N) is 2. The van der Waals surface area contributed by atoms with Crippen molar-refractivity contribution in [1.29, 1.82) is 0 Å². The van der Waals surface area contributed by atoms with Gasteiger partial charge in [-0.25, -0.2) is 14.5 Å². The number of aryl methyl sites for hydroxylation is 2. The van der Waals surface area contributed by atoms with Crippen LogP contribution in [0.3, 0.4) is 0 Å². The van der Waals surface area contributed by atoms with Crippen molar-refractivity contribution < 1.29 is 4.79 Å². The second-order valence-electron chi connectivity index (χ2n) is 7.01. The van der Waals surface area contributed by atoms with Crippen molar-refractivity contribution in [2.45, 2.75) is 71.0 Å². The van der Waals surface area contributed by atoms with Crippen molar-refractivity contribution in [3.05, 3.63) is 11.6 Å². The van der Waals surface area contributed by atoms with Crippen LogP contribution in [-0.4, -0.2) is 51.4 Å². The van der Waals surface area contributed by atoms with Crippen LogP contribution in [0.4, 0.5) is 4.79 Å². The molecule has 7 nitrogen and oxygen atoms in total. The zero-order valence-electron chi connectivity index (χ0n) is 14.9. The standard InChI is InChI=1S/C17H30N6O/c1-3-15-20-16-14(7-6-11-23(16)21-15)19-17(24)18-13(2)8-12-22-9-4-5-10-22/h13-14H,3-12H2,1-2H3,(H2,18,19,24). The molecule has 2 unspecified atom stereocenters. The SMILES string of the molecule is CCc1nc2n(n1)CCCC2NC(=O)NC(C)CCN1CCCC1. The van der Waals surface area contributed by atoms with Crippen molar-refractivity contribution in [2.24, 2.45) is 0 Å². The molecule has 1 saturated heterocycles. The average molecular weight is 334 g/mol. The maximum Gasteiger partial charge on any atom is 0.315 e. The predicted molar refractivity (Wildman–Crippen MR) is 92.8 cm³/mol. The van der Waals surface area contributed by atoms with Crippen LogP contribution in [0.2, 0.25) is 0 Å². The number of amides is 2. The van der Waals surface area contributed by atoms with Crippen LogP contribution < -0.4 is 10.6 Å². The lowest BCUT2D eigenvalue weighted by Gasteiger charge is -2.25. The van der Waals surface area contributed by atoms with Gasteiger partial charge in [0.2, 0.25) is 0 Å². The van der Waals surface area contributed by atoms with E-state index in [1.54, 1.807) is 0 Å². The van der Waals surface area contributed by atoms with Gasteiger partial charge in [-0.05, 0) is 52.1 Å². The molecule has 24 heavy (non-hydrogen) atoms. The van der Waals surface area contributed by atoms with E-state index in [0.717, 1.165) is 50.4 Å². The third-order valence-electron chi connectivity index (χ3n) is 4.99. The van der Waals surface area contributed by atoms with E-state index in [2.05, 4.69) is 39.5 Å². The van der Waals surface area contributed by atoms with E-state index in [0.29, 0.717) is 0 Å². The molecular weight excluding hydrogens is 304 g/mol. The Bertz CT molecular complexity index is 551. The Kier molecular flexibility index (Phi) is 5.71. The summed E-state index contributed by atoms with van der Waals surface area (Å²) < 4.78 is 1.95. The van der Waals surface area contributed by atoms with E-state index in [1.807, 2.05) is 4.68 Å². The summed E-state index contributed by atoms with van der Waals surface area (Å²) >= 11 is 0. The number of urea groups is 1. The molecule has 0 saturated carbocycles. The molecule has 134 valence electrons. The van der Waals surface area contributed by atoms with Gasteiger partial charge in [-0.2, -0.15) is 5.10 Å². The first kappa shape index (κ1) is 17.2. The summed E-state index contributed by atoms with van der Waals surface area (Å²) in [7, 11) is 0. The first-order valence-electron chi connectivity index (χ1n) is 9.38. The lowest BCUT2D eigenvalue weighted by Crippen LogP contribution is -2.44. The molecule has 2 aliphatic heterocycles. The van der Waals surface area contributed by atoms with Gasteiger partial charge in [0.05, 0.1) is 6.04 Å². The molecule has 0 aromatic carbocycles. The Labute approximate surface area is 144 Å². The first-order chi connectivity index (χ1) is 11.7. The zero-order chi connectivity index (χ0) is 16.9. The van der Waals surface area contributed by atoms with Crippen molar-refractivity contribution in [3.8, 4) is 0 Å². The first-order valence-corrected chi connectivity index (χ1v) is 9.38. The number of rotatable bonds is 6. The number of nitrogens with zero attached hydrogens (tertiary/aromatic N) is 4. The second kappa shape index (κ2) is 7.96.